The van der Waals surface area contributed by atoms with E-state index in [1.165, 1.54) is 29.6 Å². The summed E-state index contributed by atoms with van der Waals surface area (Å²) in [4.78, 5) is 11.6. The van der Waals surface area contributed by atoms with Gasteiger partial charge in [0.15, 0.2) is 0 Å². The Balaban J connectivity index is 3.43. The van der Waals surface area contributed by atoms with Crippen molar-refractivity contribution in [2.75, 3.05) is 25.9 Å². The third kappa shape index (κ3) is 3.29. The maximum absolute atomic E-state index is 12.6. The molecule has 0 radical (unpaired) electrons. The molecule has 0 aliphatic rings. The fourth-order valence-corrected chi connectivity index (χ4v) is 3.62. The van der Waals surface area contributed by atoms with Gasteiger partial charge in [-0.3, -0.25) is 0 Å². The number of rotatable bonds is 6. The molecule has 112 valence electrons. The monoisotopic (exact) mass is 300 g/mol. The highest BCUT2D eigenvalue weighted by Crippen LogP contribution is 2.23. The molecule has 0 bridgehead atoms. The predicted molar refractivity (Wildman–Crippen MR) is 76.9 cm³/mol. The van der Waals surface area contributed by atoms with Gasteiger partial charge in [-0.1, -0.05) is 13.8 Å². The molecular formula is C13H20N2O4S. The smallest absolute Gasteiger partial charge is 0.339 e. The molecular weight excluding hydrogens is 280 g/mol. The second-order valence-corrected chi connectivity index (χ2v) is 6.15. The molecule has 20 heavy (non-hydrogen) atoms. The molecule has 0 fully saturated rings. The summed E-state index contributed by atoms with van der Waals surface area (Å²) in [5.74, 6) is -0.698. The van der Waals surface area contributed by atoms with E-state index in [9.17, 15) is 13.2 Å². The van der Waals surface area contributed by atoms with Crippen LogP contribution in [0.1, 0.15) is 30.6 Å². The first-order valence-corrected chi connectivity index (χ1v) is 7.80. The van der Waals surface area contributed by atoms with Gasteiger partial charge in [-0.2, -0.15) is 4.31 Å². The van der Waals surface area contributed by atoms with Crippen molar-refractivity contribution in [3.63, 3.8) is 0 Å². The van der Waals surface area contributed by atoms with E-state index < -0.39 is 16.0 Å². The quantitative estimate of drug-likeness (QED) is 0.635. The summed E-state index contributed by atoms with van der Waals surface area (Å²) in [6, 6.07) is 4.13. The number of esters is 1. The SMILES string of the molecule is CCCN(CC)S(=O)(=O)c1cc(N)ccc1C(=O)OC. The lowest BCUT2D eigenvalue weighted by atomic mass is 10.2. The van der Waals surface area contributed by atoms with Gasteiger partial charge in [-0.15, -0.1) is 0 Å². The highest BCUT2D eigenvalue weighted by Gasteiger charge is 2.28. The first-order chi connectivity index (χ1) is 9.38. The van der Waals surface area contributed by atoms with Crippen LogP contribution in [0.2, 0.25) is 0 Å². The lowest BCUT2D eigenvalue weighted by Gasteiger charge is -2.21. The fourth-order valence-electron chi connectivity index (χ4n) is 1.87. The molecule has 0 atom stereocenters. The number of ether oxygens (including phenoxy) is 1. The van der Waals surface area contributed by atoms with Crippen LogP contribution < -0.4 is 5.73 Å². The highest BCUT2D eigenvalue weighted by molar-refractivity contribution is 7.89. The molecule has 0 saturated carbocycles. The van der Waals surface area contributed by atoms with Gasteiger partial charge >= 0.3 is 5.97 Å². The molecule has 0 spiro atoms. The van der Waals surface area contributed by atoms with Crippen molar-refractivity contribution in [2.24, 2.45) is 0 Å². The third-order valence-corrected chi connectivity index (χ3v) is 4.87. The third-order valence-electron chi connectivity index (χ3n) is 2.85. The fraction of sp³-hybridized carbons (Fsp3) is 0.462. The van der Waals surface area contributed by atoms with Crippen molar-refractivity contribution < 1.29 is 17.9 Å². The average Bonchev–Trinajstić information content (AvgIpc) is 2.43. The molecule has 1 aromatic carbocycles. The van der Waals surface area contributed by atoms with Crippen LogP contribution in [0.25, 0.3) is 0 Å². The summed E-state index contributed by atoms with van der Waals surface area (Å²) in [5, 5.41) is 0. The molecule has 1 rings (SSSR count). The van der Waals surface area contributed by atoms with Crippen LogP contribution in [-0.2, 0) is 14.8 Å². The number of nitrogens with zero attached hydrogens (tertiary/aromatic N) is 1. The minimum Gasteiger partial charge on any atom is -0.465 e. The second kappa shape index (κ2) is 6.71. The first-order valence-electron chi connectivity index (χ1n) is 6.36. The number of carbonyl (C=O) groups is 1. The van der Waals surface area contributed by atoms with Crippen LogP contribution in [0.5, 0.6) is 0 Å². The molecule has 0 aromatic heterocycles. The van der Waals surface area contributed by atoms with Crippen LogP contribution in [0.3, 0.4) is 0 Å². The van der Waals surface area contributed by atoms with Crippen molar-refractivity contribution >= 4 is 21.7 Å². The summed E-state index contributed by atoms with van der Waals surface area (Å²) in [5.41, 5.74) is 5.92. The van der Waals surface area contributed by atoms with Gasteiger partial charge in [0.05, 0.1) is 17.6 Å². The Labute approximate surface area is 119 Å². The van der Waals surface area contributed by atoms with E-state index in [1.807, 2.05) is 6.92 Å². The van der Waals surface area contributed by atoms with E-state index >= 15 is 0 Å². The van der Waals surface area contributed by atoms with Crippen LogP contribution in [0.15, 0.2) is 23.1 Å². The molecule has 7 heteroatoms. The zero-order valence-electron chi connectivity index (χ0n) is 11.9. The standard InChI is InChI=1S/C13H20N2O4S/c1-4-8-15(5-2)20(17,18)12-9-10(14)6-7-11(12)13(16)19-3/h6-7,9H,4-5,8,14H2,1-3H3. The summed E-state index contributed by atoms with van der Waals surface area (Å²) >= 11 is 0. The van der Waals surface area contributed by atoms with E-state index in [0.717, 1.165) is 0 Å². The van der Waals surface area contributed by atoms with Gasteiger partial charge in [0.25, 0.3) is 0 Å². The summed E-state index contributed by atoms with van der Waals surface area (Å²) in [6.07, 6.45) is 0.683. The van der Waals surface area contributed by atoms with Gasteiger partial charge in [0.1, 0.15) is 0 Å². The largest absolute Gasteiger partial charge is 0.465 e. The number of hydrogen-bond acceptors (Lipinski definition) is 5. The first kappa shape index (κ1) is 16.5. The van der Waals surface area contributed by atoms with Crippen LogP contribution >= 0.6 is 0 Å². The zero-order chi connectivity index (χ0) is 15.3. The lowest BCUT2D eigenvalue weighted by Crippen LogP contribution is -2.32. The zero-order valence-corrected chi connectivity index (χ0v) is 12.7. The Morgan fingerprint density at radius 2 is 2.00 bits per heavy atom. The van der Waals surface area contributed by atoms with Crippen molar-refractivity contribution in [3.05, 3.63) is 23.8 Å². The van der Waals surface area contributed by atoms with Gasteiger partial charge in [-0.25, -0.2) is 13.2 Å². The van der Waals surface area contributed by atoms with Crippen molar-refractivity contribution in [1.29, 1.82) is 0 Å². The van der Waals surface area contributed by atoms with Crippen LogP contribution in [0.4, 0.5) is 5.69 Å². The number of benzene rings is 1. The van der Waals surface area contributed by atoms with Gasteiger partial charge in [-0.05, 0) is 24.6 Å². The number of anilines is 1. The number of nitrogens with two attached hydrogens (primary N) is 1. The average molecular weight is 300 g/mol. The Morgan fingerprint density at radius 3 is 2.50 bits per heavy atom. The van der Waals surface area contributed by atoms with Crippen molar-refractivity contribution in [3.8, 4) is 0 Å². The van der Waals surface area contributed by atoms with Crippen molar-refractivity contribution in [1.82, 2.24) is 4.31 Å². The van der Waals surface area contributed by atoms with E-state index in [1.54, 1.807) is 6.92 Å². The van der Waals surface area contributed by atoms with E-state index in [2.05, 4.69) is 4.74 Å². The maximum Gasteiger partial charge on any atom is 0.339 e. The topological polar surface area (TPSA) is 89.7 Å². The molecule has 0 aliphatic heterocycles. The predicted octanol–water partition coefficient (Wildman–Crippen LogP) is 1.48. The minimum absolute atomic E-state index is 0.00347. The summed E-state index contributed by atoms with van der Waals surface area (Å²) in [7, 11) is -2.56. The molecule has 0 amide bonds. The number of hydrogen-bond donors (Lipinski definition) is 1. The number of methoxy groups -OCH3 is 1. The number of carbonyl (C=O) groups excluding carboxylic acids is 1. The molecule has 0 unspecified atom stereocenters. The lowest BCUT2D eigenvalue weighted by molar-refractivity contribution is 0.0596. The van der Waals surface area contributed by atoms with E-state index in [4.69, 9.17) is 5.73 Å². The minimum atomic E-state index is -3.77. The maximum atomic E-state index is 12.6. The second-order valence-electron chi connectivity index (χ2n) is 4.24. The van der Waals surface area contributed by atoms with E-state index in [0.29, 0.717) is 19.5 Å². The molecule has 0 aliphatic carbocycles. The molecule has 1 aromatic rings. The van der Waals surface area contributed by atoms with E-state index in [-0.39, 0.29) is 16.1 Å². The van der Waals surface area contributed by atoms with Crippen LogP contribution in [-0.4, -0.2) is 38.9 Å². The molecule has 0 saturated heterocycles. The Kier molecular flexibility index (Phi) is 5.52. The van der Waals surface area contributed by atoms with Gasteiger partial charge in [0.2, 0.25) is 10.0 Å². The van der Waals surface area contributed by atoms with Crippen LogP contribution in [0, 0.1) is 0 Å². The summed E-state index contributed by atoms with van der Waals surface area (Å²) < 4.78 is 31.2. The number of nitrogen functional groups attached to an aromatic ring is 1. The number of sulfonamides is 1. The van der Waals surface area contributed by atoms with Gasteiger partial charge < -0.3 is 10.5 Å². The normalized spacial score (nSPS) is 11.6. The van der Waals surface area contributed by atoms with Crippen molar-refractivity contribution in [2.45, 2.75) is 25.2 Å². The Hall–Kier alpha value is -1.60. The highest BCUT2D eigenvalue weighted by atomic mass is 32.2. The Morgan fingerprint density at radius 1 is 1.35 bits per heavy atom. The molecule has 2 N–H and O–H groups in total. The van der Waals surface area contributed by atoms with Gasteiger partial charge in [0, 0.05) is 18.8 Å². The Bertz CT molecular complexity index is 584. The summed E-state index contributed by atoms with van der Waals surface area (Å²) in [6.45, 7) is 4.34. The molecule has 6 nitrogen and oxygen atoms in total. The molecule has 0 heterocycles.